The van der Waals surface area contributed by atoms with Crippen molar-refractivity contribution in [2.24, 2.45) is 0 Å². The van der Waals surface area contributed by atoms with Crippen molar-refractivity contribution < 1.29 is 17.9 Å². The van der Waals surface area contributed by atoms with Gasteiger partial charge in [0.1, 0.15) is 10.6 Å². The molecule has 168 valence electrons. The van der Waals surface area contributed by atoms with E-state index < -0.39 is 10.0 Å². The fourth-order valence-electron chi connectivity index (χ4n) is 3.45. The third-order valence-corrected chi connectivity index (χ3v) is 6.81. The molecule has 0 spiro atoms. The fraction of sp³-hybridized carbons (Fsp3) is 0.217. The number of methoxy groups -OCH3 is 1. The standard InChI is InChI=1S/C23H25N3O4S2/c1-15(18-10-6-8-17-7-4-5-9-19(17)18)25-22(27)14-16-11-12-20(30-3)21(13-16)32(28,29)26-23(31)24-2/h4-13,15H,14H2,1-3H3,(H,25,27)(H2,24,26,31). The smallest absolute Gasteiger partial charge is 0.267 e. The summed E-state index contributed by atoms with van der Waals surface area (Å²) < 4.78 is 32.8. The van der Waals surface area contributed by atoms with Gasteiger partial charge in [-0.1, -0.05) is 48.5 Å². The molecule has 0 bridgehead atoms. The molecule has 0 saturated carbocycles. The highest BCUT2D eigenvalue weighted by molar-refractivity contribution is 7.92. The van der Waals surface area contributed by atoms with E-state index in [1.54, 1.807) is 6.07 Å². The van der Waals surface area contributed by atoms with Crippen molar-refractivity contribution in [3.8, 4) is 5.75 Å². The number of ether oxygens (including phenoxy) is 1. The summed E-state index contributed by atoms with van der Waals surface area (Å²) in [6, 6.07) is 18.4. The minimum absolute atomic E-state index is 0.0120. The Labute approximate surface area is 193 Å². The second-order valence-electron chi connectivity index (χ2n) is 7.20. The van der Waals surface area contributed by atoms with E-state index in [1.165, 1.54) is 26.3 Å². The molecular weight excluding hydrogens is 446 g/mol. The molecule has 0 aliphatic heterocycles. The van der Waals surface area contributed by atoms with Gasteiger partial charge in [-0.3, -0.25) is 9.52 Å². The van der Waals surface area contributed by atoms with E-state index in [0.29, 0.717) is 5.56 Å². The van der Waals surface area contributed by atoms with Crippen LogP contribution >= 0.6 is 12.2 Å². The molecule has 0 saturated heterocycles. The SMILES string of the molecule is CNC(=S)NS(=O)(=O)c1cc(CC(=O)NC(C)c2cccc3ccccc23)ccc1OC. The molecule has 3 aromatic rings. The number of amides is 1. The fourth-order valence-corrected chi connectivity index (χ4v) is 4.96. The van der Waals surface area contributed by atoms with Crippen LogP contribution < -0.4 is 20.1 Å². The zero-order valence-corrected chi connectivity index (χ0v) is 19.6. The monoisotopic (exact) mass is 471 g/mol. The minimum atomic E-state index is -3.97. The van der Waals surface area contributed by atoms with Gasteiger partial charge in [-0.15, -0.1) is 0 Å². The summed E-state index contributed by atoms with van der Waals surface area (Å²) in [6.45, 7) is 1.92. The van der Waals surface area contributed by atoms with E-state index >= 15 is 0 Å². The first-order valence-electron chi connectivity index (χ1n) is 9.93. The molecule has 32 heavy (non-hydrogen) atoms. The van der Waals surface area contributed by atoms with Crippen LogP contribution in [-0.4, -0.2) is 33.6 Å². The second-order valence-corrected chi connectivity index (χ2v) is 9.26. The van der Waals surface area contributed by atoms with E-state index in [9.17, 15) is 13.2 Å². The summed E-state index contributed by atoms with van der Waals surface area (Å²) in [6.07, 6.45) is 0.0120. The van der Waals surface area contributed by atoms with Gasteiger partial charge in [0.05, 0.1) is 19.6 Å². The Kier molecular flexibility index (Phi) is 7.32. The Bertz CT molecular complexity index is 1250. The highest BCUT2D eigenvalue weighted by Crippen LogP contribution is 2.26. The van der Waals surface area contributed by atoms with Gasteiger partial charge in [0.2, 0.25) is 5.91 Å². The molecule has 0 radical (unpaired) electrons. The van der Waals surface area contributed by atoms with Crippen LogP contribution in [0.5, 0.6) is 5.75 Å². The van der Waals surface area contributed by atoms with Crippen molar-refractivity contribution >= 4 is 44.0 Å². The molecule has 1 atom stereocenters. The maximum absolute atomic E-state index is 12.7. The Morgan fingerprint density at radius 1 is 1.09 bits per heavy atom. The summed E-state index contributed by atoms with van der Waals surface area (Å²) in [5.41, 5.74) is 1.54. The molecule has 3 rings (SSSR count). The van der Waals surface area contributed by atoms with Crippen molar-refractivity contribution in [1.29, 1.82) is 0 Å². The van der Waals surface area contributed by atoms with Crippen molar-refractivity contribution in [3.05, 3.63) is 71.8 Å². The number of carbonyl (C=O) groups is 1. The number of hydrogen-bond acceptors (Lipinski definition) is 5. The lowest BCUT2D eigenvalue weighted by molar-refractivity contribution is -0.121. The Morgan fingerprint density at radius 2 is 1.81 bits per heavy atom. The van der Waals surface area contributed by atoms with Gasteiger partial charge >= 0.3 is 0 Å². The number of sulfonamides is 1. The number of carbonyl (C=O) groups excluding carboxylic acids is 1. The van der Waals surface area contributed by atoms with Gasteiger partial charge in [0.15, 0.2) is 5.11 Å². The lowest BCUT2D eigenvalue weighted by Crippen LogP contribution is -2.37. The van der Waals surface area contributed by atoms with E-state index in [4.69, 9.17) is 17.0 Å². The number of benzene rings is 3. The number of hydrogen-bond donors (Lipinski definition) is 3. The van der Waals surface area contributed by atoms with Crippen LogP contribution in [0.2, 0.25) is 0 Å². The van der Waals surface area contributed by atoms with Crippen LogP contribution in [0.25, 0.3) is 10.8 Å². The maximum atomic E-state index is 12.7. The summed E-state index contributed by atoms with van der Waals surface area (Å²) in [5.74, 6) is -0.0673. The summed E-state index contributed by atoms with van der Waals surface area (Å²) in [7, 11) is -1.08. The maximum Gasteiger partial charge on any atom is 0.267 e. The summed E-state index contributed by atoms with van der Waals surface area (Å²) >= 11 is 4.91. The van der Waals surface area contributed by atoms with Gasteiger partial charge < -0.3 is 15.4 Å². The van der Waals surface area contributed by atoms with Crippen molar-refractivity contribution in [2.45, 2.75) is 24.3 Å². The predicted octanol–water partition coefficient (Wildman–Crippen LogP) is 3.05. The first-order chi connectivity index (χ1) is 15.2. The molecule has 1 amide bonds. The summed E-state index contributed by atoms with van der Waals surface area (Å²) in [4.78, 5) is 12.6. The number of thiocarbonyl (C=S) groups is 1. The van der Waals surface area contributed by atoms with Gasteiger partial charge in [0, 0.05) is 7.05 Å². The molecule has 9 heteroatoms. The topological polar surface area (TPSA) is 96.5 Å². The van der Waals surface area contributed by atoms with Gasteiger partial charge in [-0.25, -0.2) is 8.42 Å². The second kappa shape index (κ2) is 9.97. The van der Waals surface area contributed by atoms with Crippen LogP contribution in [-0.2, 0) is 21.2 Å². The van der Waals surface area contributed by atoms with E-state index in [0.717, 1.165) is 16.3 Å². The zero-order chi connectivity index (χ0) is 23.3. The average Bonchev–Trinajstić information content (AvgIpc) is 2.78. The summed E-state index contributed by atoms with van der Waals surface area (Å²) in [5, 5.41) is 7.69. The molecule has 1 unspecified atom stereocenters. The van der Waals surface area contributed by atoms with Crippen LogP contribution in [0.4, 0.5) is 0 Å². The third kappa shape index (κ3) is 5.35. The van der Waals surface area contributed by atoms with Crippen molar-refractivity contribution in [2.75, 3.05) is 14.2 Å². The number of nitrogens with one attached hydrogen (secondary N) is 3. The van der Waals surface area contributed by atoms with Crippen molar-refractivity contribution in [1.82, 2.24) is 15.4 Å². The number of fused-ring (bicyclic) bond motifs is 1. The van der Waals surface area contributed by atoms with E-state index in [1.807, 2.05) is 49.4 Å². The third-order valence-electron chi connectivity index (χ3n) is 5.00. The largest absolute Gasteiger partial charge is 0.495 e. The zero-order valence-electron chi connectivity index (χ0n) is 18.0. The Balaban J connectivity index is 1.79. The van der Waals surface area contributed by atoms with Crippen LogP contribution in [0.1, 0.15) is 24.1 Å². The average molecular weight is 472 g/mol. The molecule has 3 aromatic carbocycles. The molecule has 0 fully saturated rings. The van der Waals surface area contributed by atoms with Crippen LogP contribution in [0.15, 0.2) is 65.6 Å². The lowest BCUT2D eigenvalue weighted by atomic mass is 9.99. The molecule has 0 heterocycles. The van der Waals surface area contributed by atoms with E-state index in [-0.39, 0.29) is 34.1 Å². The highest BCUT2D eigenvalue weighted by Gasteiger charge is 2.22. The van der Waals surface area contributed by atoms with Crippen LogP contribution in [0, 0.1) is 0 Å². The lowest BCUT2D eigenvalue weighted by Gasteiger charge is -2.17. The first-order valence-corrected chi connectivity index (χ1v) is 11.8. The molecule has 0 aliphatic rings. The minimum Gasteiger partial charge on any atom is -0.495 e. The Morgan fingerprint density at radius 3 is 2.53 bits per heavy atom. The predicted molar refractivity (Wildman–Crippen MR) is 129 cm³/mol. The van der Waals surface area contributed by atoms with Crippen LogP contribution in [0.3, 0.4) is 0 Å². The van der Waals surface area contributed by atoms with E-state index in [2.05, 4.69) is 15.4 Å². The first kappa shape index (κ1) is 23.5. The normalized spacial score (nSPS) is 12.1. The van der Waals surface area contributed by atoms with Gasteiger partial charge in [-0.05, 0) is 53.2 Å². The highest BCUT2D eigenvalue weighted by atomic mass is 32.2. The number of rotatable bonds is 7. The Hall–Kier alpha value is -3.17. The molecule has 7 nitrogen and oxygen atoms in total. The van der Waals surface area contributed by atoms with Gasteiger partial charge in [0.25, 0.3) is 10.0 Å². The molecular formula is C23H25N3O4S2. The molecule has 3 N–H and O–H groups in total. The quantitative estimate of drug-likeness (QED) is 0.459. The van der Waals surface area contributed by atoms with Gasteiger partial charge in [-0.2, -0.15) is 0 Å². The molecule has 0 aliphatic carbocycles. The molecule has 0 aromatic heterocycles. The van der Waals surface area contributed by atoms with Crippen molar-refractivity contribution in [3.63, 3.8) is 0 Å².